The Balaban J connectivity index is 1.92. The minimum atomic E-state index is -3.56. The van der Waals surface area contributed by atoms with E-state index in [1.165, 1.54) is 18.2 Å². The fraction of sp³-hybridized carbons (Fsp3) is 0.538. The lowest BCUT2D eigenvalue weighted by atomic mass is 10.2. The quantitative estimate of drug-likeness (QED) is 0.601. The molecule has 116 valence electrons. The largest absolute Gasteiger partial charge is 0.302 e. The van der Waals surface area contributed by atoms with Crippen LogP contribution in [0.2, 0.25) is 0 Å². The highest BCUT2D eigenvalue weighted by Gasteiger charge is 2.20. The number of hydrogen-bond acceptors (Lipinski definition) is 5. The van der Waals surface area contributed by atoms with Crippen molar-refractivity contribution in [2.24, 2.45) is 0 Å². The molecule has 1 fully saturated rings. The first kappa shape index (κ1) is 15.9. The molecule has 1 N–H and O–H groups in total. The van der Waals surface area contributed by atoms with Crippen LogP contribution in [0.15, 0.2) is 24.3 Å². The third kappa shape index (κ3) is 4.76. The van der Waals surface area contributed by atoms with Crippen LogP contribution >= 0.6 is 0 Å². The van der Waals surface area contributed by atoms with Crippen molar-refractivity contribution in [3.63, 3.8) is 0 Å². The van der Waals surface area contributed by atoms with Crippen LogP contribution < -0.4 is 4.72 Å². The molecule has 0 amide bonds. The van der Waals surface area contributed by atoms with Crippen molar-refractivity contribution in [3.8, 4) is 0 Å². The number of para-hydroxylation sites is 1. The van der Waals surface area contributed by atoms with Gasteiger partial charge in [0.2, 0.25) is 10.0 Å². The summed E-state index contributed by atoms with van der Waals surface area (Å²) in [5, 5.41) is 10.9. The highest BCUT2D eigenvalue weighted by atomic mass is 32.2. The van der Waals surface area contributed by atoms with Gasteiger partial charge in [-0.25, -0.2) is 13.1 Å². The van der Waals surface area contributed by atoms with E-state index in [9.17, 15) is 18.5 Å². The molecular formula is C13H19N3O4S. The third-order valence-corrected chi connectivity index (χ3v) is 4.82. The molecule has 8 heteroatoms. The summed E-state index contributed by atoms with van der Waals surface area (Å²) >= 11 is 0. The lowest BCUT2D eigenvalue weighted by Gasteiger charge is -2.14. The SMILES string of the molecule is O=[N+]([O-])c1ccccc1CS(=O)(=O)NCCN1CCCC1. The highest BCUT2D eigenvalue weighted by molar-refractivity contribution is 7.88. The molecule has 0 aromatic heterocycles. The smallest absolute Gasteiger partial charge is 0.273 e. The van der Waals surface area contributed by atoms with Crippen LogP contribution in [0.5, 0.6) is 0 Å². The second-order valence-corrected chi connectivity index (χ2v) is 6.89. The first-order chi connectivity index (χ1) is 9.98. The molecule has 1 saturated heterocycles. The van der Waals surface area contributed by atoms with E-state index in [0.29, 0.717) is 13.1 Å². The van der Waals surface area contributed by atoms with Gasteiger partial charge in [0.25, 0.3) is 5.69 Å². The number of likely N-dealkylation sites (tertiary alicyclic amines) is 1. The zero-order chi connectivity index (χ0) is 15.3. The second-order valence-electron chi connectivity index (χ2n) is 5.09. The molecule has 1 aliphatic heterocycles. The predicted octanol–water partition coefficient (Wildman–Crippen LogP) is 1.11. The molecule has 21 heavy (non-hydrogen) atoms. The number of nitro groups is 1. The number of nitro benzene ring substituents is 1. The van der Waals surface area contributed by atoms with Crippen LogP contribution in [0, 0.1) is 10.1 Å². The van der Waals surface area contributed by atoms with E-state index in [1.54, 1.807) is 6.07 Å². The monoisotopic (exact) mass is 313 g/mol. The summed E-state index contributed by atoms with van der Waals surface area (Å²) in [6.45, 7) is 3.02. The van der Waals surface area contributed by atoms with E-state index in [-0.39, 0.29) is 17.0 Å². The molecule has 1 aromatic rings. The molecule has 0 saturated carbocycles. The standard InChI is InChI=1S/C13H19N3O4S/c17-16(18)13-6-2-1-5-12(13)11-21(19,20)14-7-10-15-8-3-4-9-15/h1-2,5-6,14H,3-4,7-11H2. The second kappa shape index (κ2) is 6.97. The van der Waals surface area contributed by atoms with Crippen LogP contribution in [-0.2, 0) is 15.8 Å². The van der Waals surface area contributed by atoms with Crippen LogP contribution in [-0.4, -0.2) is 44.4 Å². The summed E-state index contributed by atoms with van der Waals surface area (Å²) in [6, 6.07) is 5.91. The number of sulfonamides is 1. The van der Waals surface area contributed by atoms with E-state index in [0.717, 1.165) is 25.9 Å². The summed E-state index contributed by atoms with van der Waals surface area (Å²) in [4.78, 5) is 12.5. The maximum atomic E-state index is 12.0. The predicted molar refractivity (Wildman–Crippen MR) is 79.4 cm³/mol. The molecule has 1 aliphatic rings. The summed E-state index contributed by atoms with van der Waals surface area (Å²) in [7, 11) is -3.56. The number of hydrogen-bond donors (Lipinski definition) is 1. The average molecular weight is 313 g/mol. The molecule has 7 nitrogen and oxygen atoms in total. The Morgan fingerprint density at radius 1 is 1.24 bits per heavy atom. The van der Waals surface area contributed by atoms with E-state index in [4.69, 9.17) is 0 Å². The number of benzene rings is 1. The first-order valence-electron chi connectivity index (χ1n) is 6.90. The van der Waals surface area contributed by atoms with Crippen LogP contribution in [0.4, 0.5) is 5.69 Å². The highest BCUT2D eigenvalue weighted by Crippen LogP contribution is 2.19. The number of nitrogens with one attached hydrogen (secondary N) is 1. The Hall–Kier alpha value is -1.51. The van der Waals surface area contributed by atoms with Gasteiger partial charge >= 0.3 is 0 Å². The van der Waals surface area contributed by atoms with Crippen LogP contribution in [0.3, 0.4) is 0 Å². The van der Waals surface area contributed by atoms with Crippen molar-refractivity contribution < 1.29 is 13.3 Å². The van der Waals surface area contributed by atoms with Crippen molar-refractivity contribution in [1.82, 2.24) is 9.62 Å². The fourth-order valence-corrected chi connectivity index (χ4v) is 3.59. The van der Waals surface area contributed by atoms with Crippen molar-refractivity contribution in [1.29, 1.82) is 0 Å². The lowest BCUT2D eigenvalue weighted by molar-refractivity contribution is -0.385. The van der Waals surface area contributed by atoms with Gasteiger partial charge in [0.15, 0.2) is 0 Å². The van der Waals surface area contributed by atoms with E-state index in [1.807, 2.05) is 0 Å². The molecular weight excluding hydrogens is 294 g/mol. The maximum absolute atomic E-state index is 12.0. The van der Waals surface area contributed by atoms with Gasteiger partial charge in [0.05, 0.1) is 10.7 Å². The summed E-state index contributed by atoms with van der Waals surface area (Å²) in [5.74, 6) is -0.371. The van der Waals surface area contributed by atoms with Crippen LogP contribution in [0.25, 0.3) is 0 Å². The topological polar surface area (TPSA) is 92.5 Å². The minimum Gasteiger partial charge on any atom is -0.302 e. The van der Waals surface area contributed by atoms with Gasteiger partial charge in [-0.2, -0.15) is 0 Å². The summed E-state index contributed by atoms with van der Waals surface area (Å²) in [5.41, 5.74) is 0.0404. The molecule has 2 rings (SSSR count). The molecule has 0 aliphatic carbocycles. The Morgan fingerprint density at radius 2 is 1.90 bits per heavy atom. The Labute approximate surface area is 124 Å². The zero-order valence-corrected chi connectivity index (χ0v) is 12.5. The molecule has 0 atom stereocenters. The van der Waals surface area contributed by atoms with Gasteiger partial charge in [-0.3, -0.25) is 10.1 Å². The Bertz CT molecular complexity index is 597. The fourth-order valence-electron chi connectivity index (χ4n) is 2.43. The van der Waals surface area contributed by atoms with E-state index in [2.05, 4.69) is 9.62 Å². The minimum absolute atomic E-state index is 0.164. The lowest BCUT2D eigenvalue weighted by Crippen LogP contribution is -2.34. The third-order valence-electron chi connectivity index (χ3n) is 3.48. The van der Waals surface area contributed by atoms with Gasteiger partial charge < -0.3 is 4.90 Å². The van der Waals surface area contributed by atoms with E-state index < -0.39 is 14.9 Å². The van der Waals surface area contributed by atoms with E-state index >= 15 is 0 Å². The normalized spacial score (nSPS) is 16.2. The molecule has 1 aromatic carbocycles. The van der Waals surface area contributed by atoms with Crippen LogP contribution in [0.1, 0.15) is 18.4 Å². The first-order valence-corrected chi connectivity index (χ1v) is 8.55. The van der Waals surface area contributed by atoms with Gasteiger partial charge in [0, 0.05) is 24.7 Å². The van der Waals surface area contributed by atoms with Crippen molar-refractivity contribution in [2.45, 2.75) is 18.6 Å². The van der Waals surface area contributed by atoms with Gasteiger partial charge in [0.1, 0.15) is 0 Å². The summed E-state index contributed by atoms with van der Waals surface area (Å²) < 4.78 is 26.5. The molecule has 0 spiro atoms. The van der Waals surface area contributed by atoms with Gasteiger partial charge in [-0.05, 0) is 25.9 Å². The van der Waals surface area contributed by atoms with Crippen molar-refractivity contribution in [2.75, 3.05) is 26.2 Å². The summed E-state index contributed by atoms with van der Waals surface area (Å²) in [6.07, 6.45) is 2.31. The van der Waals surface area contributed by atoms with Crippen molar-refractivity contribution >= 4 is 15.7 Å². The zero-order valence-electron chi connectivity index (χ0n) is 11.7. The van der Waals surface area contributed by atoms with Crippen molar-refractivity contribution in [3.05, 3.63) is 39.9 Å². The Kier molecular flexibility index (Phi) is 5.27. The van der Waals surface area contributed by atoms with Gasteiger partial charge in [-0.15, -0.1) is 0 Å². The average Bonchev–Trinajstić information content (AvgIpc) is 2.91. The van der Waals surface area contributed by atoms with Gasteiger partial charge in [-0.1, -0.05) is 18.2 Å². The number of nitrogens with zero attached hydrogens (tertiary/aromatic N) is 2. The molecule has 0 radical (unpaired) electrons. The number of rotatable bonds is 7. The molecule has 1 heterocycles. The maximum Gasteiger partial charge on any atom is 0.273 e. The Morgan fingerprint density at radius 3 is 2.57 bits per heavy atom. The molecule has 0 unspecified atom stereocenters. The molecule has 0 bridgehead atoms.